The van der Waals surface area contributed by atoms with Gasteiger partial charge in [-0.05, 0) is 17.5 Å². The van der Waals surface area contributed by atoms with Crippen LogP contribution in [-0.4, -0.2) is 39.4 Å². The van der Waals surface area contributed by atoms with Gasteiger partial charge in [0.05, 0.1) is 26.2 Å². The van der Waals surface area contributed by atoms with Crippen molar-refractivity contribution in [2.45, 2.75) is 19.4 Å². The average molecular weight is 296 g/mol. The third-order valence-electron chi connectivity index (χ3n) is 2.90. The van der Waals surface area contributed by atoms with Crippen molar-refractivity contribution >= 4 is 5.91 Å². The van der Waals surface area contributed by atoms with E-state index in [1.165, 1.54) is 0 Å². The second-order valence-corrected chi connectivity index (χ2v) is 4.52. The molecule has 0 saturated heterocycles. The molecule has 21 heavy (non-hydrogen) atoms. The summed E-state index contributed by atoms with van der Waals surface area (Å²) >= 11 is 0. The number of methoxy groups -OCH3 is 1. The Bertz CT molecular complexity index is 412. The Balaban J connectivity index is 2.24. The molecule has 0 bridgehead atoms. The van der Waals surface area contributed by atoms with Gasteiger partial charge in [0.25, 0.3) is 0 Å². The molecule has 0 aliphatic carbocycles. The summed E-state index contributed by atoms with van der Waals surface area (Å²) in [5.74, 6) is 4.88. The molecule has 0 radical (unpaired) electrons. The highest BCUT2D eigenvalue weighted by atomic mass is 16.5. The molecular weight excluding hydrogens is 272 g/mol. The van der Waals surface area contributed by atoms with Crippen molar-refractivity contribution in [3.05, 3.63) is 35.4 Å². The molecule has 6 heteroatoms. The Morgan fingerprint density at radius 2 is 1.81 bits per heavy atom. The molecule has 1 aromatic rings. The molecule has 0 aromatic heterocycles. The predicted octanol–water partition coefficient (Wildman–Crippen LogP) is 0.789. The van der Waals surface area contributed by atoms with Gasteiger partial charge in [0, 0.05) is 20.3 Å². The van der Waals surface area contributed by atoms with E-state index in [1.54, 1.807) is 7.11 Å². The highest BCUT2D eigenvalue weighted by molar-refractivity contribution is 5.78. The summed E-state index contributed by atoms with van der Waals surface area (Å²) in [7, 11) is 1.67. The summed E-state index contributed by atoms with van der Waals surface area (Å²) in [6, 6.07) is 7.65. The highest BCUT2D eigenvalue weighted by Crippen LogP contribution is 2.10. The van der Waals surface area contributed by atoms with Crippen molar-refractivity contribution in [3.63, 3.8) is 0 Å². The van der Waals surface area contributed by atoms with Gasteiger partial charge in [0.1, 0.15) is 0 Å². The Hall–Kier alpha value is -1.47. The smallest absolute Gasteiger partial charge is 0.238 e. The maximum absolute atomic E-state index is 11.3. The first-order valence-corrected chi connectivity index (χ1v) is 6.98. The molecule has 0 aliphatic heterocycles. The van der Waals surface area contributed by atoms with Gasteiger partial charge in [-0.25, -0.2) is 5.84 Å². The molecule has 1 rings (SSSR count). The highest BCUT2D eigenvalue weighted by Gasteiger charge is 2.06. The van der Waals surface area contributed by atoms with Gasteiger partial charge >= 0.3 is 0 Å². The van der Waals surface area contributed by atoms with Crippen LogP contribution in [0.4, 0.5) is 0 Å². The maximum atomic E-state index is 11.3. The van der Waals surface area contributed by atoms with E-state index in [2.05, 4.69) is 5.43 Å². The molecule has 0 aliphatic rings. The van der Waals surface area contributed by atoms with Crippen molar-refractivity contribution in [3.8, 4) is 0 Å². The summed E-state index contributed by atoms with van der Waals surface area (Å²) in [6.07, 6.45) is 1.14. The van der Waals surface area contributed by atoms with Crippen LogP contribution in [0.3, 0.4) is 0 Å². The normalized spacial score (nSPS) is 10.6. The summed E-state index contributed by atoms with van der Waals surface area (Å²) in [4.78, 5) is 11.3. The molecular formula is C15H24N2O4. The third-order valence-corrected chi connectivity index (χ3v) is 2.90. The molecule has 0 atom stereocenters. The molecule has 0 saturated carbocycles. The van der Waals surface area contributed by atoms with E-state index in [9.17, 15) is 4.79 Å². The average Bonchev–Trinajstić information content (AvgIpc) is 2.51. The first-order chi connectivity index (χ1) is 10.3. The molecule has 0 spiro atoms. The zero-order valence-electron chi connectivity index (χ0n) is 12.5. The number of carbonyl (C=O) groups is 1. The monoisotopic (exact) mass is 296 g/mol. The molecule has 0 unspecified atom stereocenters. The van der Waals surface area contributed by atoms with E-state index in [4.69, 9.17) is 20.1 Å². The number of hydrazine groups is 1. The Morgan fingerprint density at radius 1 is 1.10 bits per heavy atom. The summed E-state index contributed by atoms with van der Waals surface area (Å²) in [5.41, 5.74) is 4.04. The van der Waals surface area contributed by atoms with Crippen LogP contribution in [0.5, 0.6) is 0 Å². The quantitative estimate of drug-likeness (QED) is 0.273. The summed E-state index contributed by atoms with van der Waals surface area (Å²) < 4.78 is 15.9. The van der Waals surface area contributed by atoms with E-state index in [1.807, 2.05) is 24.3 Å². The molecule has 3 N–H and O–H groups in total. The lowest BCUT2D eigenvalue weighted by Crippen LogP contribution is -2.31. The Kier molecular flexibility index (Phi) is 9.39. The van der Waals surface area contributed by atoms with Gasteiger partial charge in [0.2, 0.25) is 5.91 Å². The second kappa shape index (κ2) is 11.2. The third kappa shape index (κ3) is 7.77. The number of carbonyl (C=O) groups excluding carboxylic acids is 1. The van der Waals surface area contributed by atoms with Crippen molar-refractivity contribution in [1.29, 1.82) is 0 Å². The largest absolute Gasteiger partial charge is 0.385 e. The number of amides is 1. The standard InChI is InChI=1S/C15H24N2O4/c1-19-7-4-8-20-9-10-21-12-14-6-3-2-5-13(14)11-15(18)17-16/h2-3,5-6H,4,7-12,16H2,1H3,(H,17,18). The number of benzene rings is 1. The SMILES string of the molecule is COCCCOCCOCc1ccccc1CC(=O)NN. The maximum Gasteiger partial charge on any atom is 0.238 e. The molecule has 6 nitrogen and oxygen atoms in total. The van der Waals surface area contributed by atoms with E-state index >= 15 is 0 Å². The zero-order chi connectivity index (χ0) is 15.3. The van der Waals surface area contributed by atoms with Crippen LogP contribution < -0.4 is 11.3 Å². The minimum Gasteiger partial charge on any atom is -0.385 e. The van der Waals surface area contributed by atoms with Crippen molar-refractivity contribution < 1.29 is 19.0 Å². The fourth-order valence-corrected chi connectivity index (χ4v) is 1.80. The number of hydrogen-bond donors (Lipinski definition) is 2. The number of rotatable bonds is 11. The van der Waals surface area contributed by atoms with Crippen LogP contribution in [0.1, 0.15) is 17.5 Å². The number of ether oxygens (including phenoxy) is 3. The van der Waals surface area contributed by atoms with Crippen LogP contribution in [0, 0.1) is 0 Å². The Morgan fingerprint density at radius 3 is 2.52 bits per heavy atom. The number of nitrogens with one attached hydrogen (secondary N) is 1. The Labute approximate surface area is 125 Å². The van der Waals surface area contributed by atoms with E-state index in [0.29, 0.717) is 33.0 Å². The van der Waals surface area contributed by atoms with Gasteiger partial charge in [-0.15, -0.1) is 0 Å². The van der Waals surface area contributed by atoms with Gasteiger partial charge in [-0.3, -0.25) is 10.2 Å². The van der Waals surface area contributed by atoms with Crippen LogP contribution in [0.15, 0.2) is 24.3 Å². The van der Waals surface area contributed by atoms with Crippen LogP contribution in [0.25, 0.3) is 0 Å². The minimum atomic E-state index is -0.219. The van der Waals surface area contributed by atoms with Crippen LogP contribution in [-0.2, 0) is 32.0 Å². The predicted molar refractivity (Wildman–Crippen MR) is 79.4 cm³/mol. The molecule has 0 fully saturated rings. The van der Waals surface area contributed by atoms with Crippen LogP contribution >= 0.6 is 0 Å². The minimum absolute atomic E-state index is 0.219. The second-order valence-electron chi connectivity index (χ2n) is 4.52. The molecule has 1 aromatic carbocycles. The van der Waals surface area contributed by atoms with Crippen molar-refractivity contribution in [2.24, 2.45) is 5.84 Å². The van der Waals surface area contributed by atoms with Gasteiger partial charge < -0.3 is 14.2 Å². The van der Waals surface area contributed by atoms with Crippen molar-refractivity contribution in [1.82, 2.24) is 5.43 Å². The fourth-order valence-electron chi connectivity index (χ4n) is 1.80. The van der Waals surface area contributed by atoms with Gasteiger partial charge in [-0.2, -0.15) is 0 Å². The lowest BCUT2D eigenvalue weighted by molar-refractivity contribution is -0.120. The topological polar surface area (TPSA) is 82.8 Å². The van der Waals surface area contributed by atoms with Gasteiger partial charge in [0.15, 0.2) is 0 Å². The first kappa shape index (κ1) is 17.6. The van der Waals surface area contributed by atoms with E-state index < -0.39 is 0 Å². The van der Waals surface area contributed by atoms with Crippen molar-refractivity contribution in [2.75, 3.05) is 33.5 Å². The number of nitrogens with two attached hydrogens (primary N) is 1. The lowest BCUT2D eigenvalue weighted by atomic mass is 10.1. The molecule has 1 amide bonds. The fraction of sp³-hybridized carbons (Fsp3) is 0.533. The lowest BCUT2D eigenvalue weighted by Gasteiger charge is -2.10. The summed E-state index contributed by atoms with van der Waals surface area (Å²) in [5, 5.41) is 0. The molecule has 118 valence electrons. The van der Waals surface area contributed by atoms with E-state index in [0.717, 1.165) is 17.5 Å². The zero-order valence-corrected chi connectivity index (χ0v) is 12.5. The number of hydrogen-bond acceptors (Lipinski definition) is 5. The molecule has 0 heterocycles. The van der Waals surface area contributed by atoms with Crippen LogP contribution in [0.2, 0.25) is 0 Å². The summed E-state index contributed by atoms with van der Waals surface area (Å²) in [6.45, 7) is 2.90. The van der Waals surface area contributed by atoms with E-state index in [-0.39, 0.29) is 12.3 Å². The first-order valence-electron chi connectivity index (χ1n) is 6.98. The van der Waals surface area contributed by atoms with Gasteiger partial charge in [-0.1, -0.05) is 24.3 Å².